The normalized spacial score (nSPS) is 24.7. The number of fused-ring (bicyclic) bond motifs is 1. The van der Waals surface area contributed by atoms with E-state index in [1.807, 2.05) is 11.8 Å². The van der Waals surface area contributed by atoms with E-state index in [0.29, 0.717) is 18.9 Å². The van der Waals surface area contributed by atoms with Gasteiger partial charge in [-0.25, -0.2) is 8.78 Å². The number of nitrogens with zero attached hydrogens (tertiary/aromatic N) is 3. The summed E-state index contributed by atoms with van der Waals surface area (Å²) in [6, 6.07) is 5.58. The highest BCUT2D eigenvalue weighted by molar-refractivity contribution is 5.79. The number of benzene rings is 1. The lowest BCUT2D eigenvalue weighted by Gasteiger charge is -2.45. The topological polar surface area (TPSA) is 46.1 Å². The van der Waals surface area contributed by atoms with Crippen molar-refractivity contribution in [1.82, 2.24) is 15.1 Å². The van der Waals surface area contributed by atoms with Crippen LogP contribution in [0.3, 0.4) is 0 Å². The lowest BCUT2D eigenvalue weighted by molar-refractivity contribution is -0.134. The average molecular weight is 385 g/mol. The second kappa shape index (κ2) is 6.90. The molecule has 2 aromatic rings. The van der Waals surface area contributed by atoms with Crippen LogP contribution >= 0.6 is 0 Å². The van der Waals surface area contributed by atoms with E-state index < -0.39 is 17.2 Å². The number of halogens is 2. The fraction of sp³-hybridized carbons (Fsp3) is 0.500. The van der Waals surface area contributed by atoms with E-state index in [4.69, 9.17) is 0 Å². The van der Waals surface area contributed by atoms with Crippen molar-refractivity contribution in [2.45, 2.75) is 57.9 Å². The SMILES string of the molecule is CC(C)[C@H]1CC[C@](C)(N2CCCC2=O)c2nnc(-c3c(F)cccc3F)cc21. The highest BCUT2D eigenvalue weighted by atomic mass is 19.1. The molecule has 1 amide bonds. The Morgan fingerprint density at radius 1 is 1.21 bits per heavy atom. The summed E-state index contributed by atoms with van der Waals surface area (Å²) in [5.74, 6) is -0.597. The van der Waals surface area contributed by atoms with Crippen molar-refractivity contribution in [3.8, 4) is 11.3 Å². The van der Waals surface area contributed by atoms with Crippen LogP contribution in [0.2, 0.25) is 0 Å². The van der Waals surface area contributed by atoms with Gasteiger partial charge < -0.3 is 4.90 Å². The average Bonchev–Trinajstić information content (AvgIpc) is 3.08. The van der Waals surface area contributed by atoms with Crippen molar-refractivity contribution in [1.29, 1.82) is 0 Å². The van der Waals surface area contributed by atoms with E-state index in [-0.39, 0.29) is 23.1 Å². The highest BCUT2D eigenvalue weighted by Crippen LogP contribution is 2.48. The highest BCUT2D eigenvalue weighted by Gasteiger charge is 2.46. The molecule has 0 spiro atoms. The van der Waals surface area contributed by atoms with Crippen LogP contribution in [0.15, 0.2) is 24.3 Å². The van der Waals surface area contributed by atoms with Gasteiger partial charge in [0, 0.05) is 13.0 Å². The molecule has 2 heterocycles. The van der Waals surface area contributed by atoms with E-state index in [2.05, 4.69) is 24.0 Å². The minimum Gasteiger partial charge on any atom is -0.332 e. The van der Waals surface area contributed by atoms with Crippen molar-refractivity contribution >= 4 is 5.91 Å². The summed E-state index contributed by atoms with van der Waals surface area (Å²) < 4.78 is 28.6. The van der Waals surface area contributed by atoms with Crippen LogP contribution in [0.4, 0.5) is 8.78 Å². The van der Waals surface area contributed by atoms with Gasteiger partial charge in [0.2, 0.25) is 5.91 Å². The molecule has 2 aliphatic rings. The Morgan fingerprint density at radius 2 is 1.93 bits per heavy atom. The summed E-state index contributed by atoms with van der Waals surface area (Å²) in [5, 5.41) is 8.67. The number of rotatable bonds is 3. The lowest BCUT2D eigenvalue weighted by Crippen LogP contribution is -2.48. The third kappa shape index (κ3) is 2.90. The van der Waals surface area contributed by atoms with Gasteiger partial charge in [-0.2, -0.15) is 5.10 Å². The minimum absolute atomic E-state index is 0.141. The first-order valence-corrected chi connectivity index (χ1v) is 9.96. The molecule has 4 nitrogen and oxygen atoms in total. The fourth-order valence-electron chi connectivity index (χ4n) is 4.81. The molecule has 0 unspecified atom stereocenters. The first-order chi connectivity index (χ1) is 13.3. The smallest absolute Gasteiger partial charge is 0.223 e. The Kier molecular flexibility index (Phi) is 4.68. The quantitative estimate of drug-likeness (QED) is 0.763. The molecule has 1 fully saturated rings. The molecule has 148 valence electrons. The maximum Gasteiger partial charge on any atom is 0.223 e. The van der Waals surface area contributed by atoms with E-state index >= 15 is 0 Å². The number of aromatic nitrogens is 2. The maximum absolute atomic E-state index is 14.3. The number of hydrogen-bond donors (Lipinski definition) is 0. The molecule has 0 saturated carbocycles. The molecular formula is C22H25F2N3O. The molecule has 2 atom stereocenters. The zero-order valence-electron chi connectivity index (χ0n) is 16.5. The molecule has 1 aliphatic carbocycles. The molecule has 28 heavy (non-hydrogen) atoms. The number of hydrogen-bond acceptors (Lipinski definition) is 3. The molecule has 0 radical (unpaired) electrons. The van der Waals surface area contributed by atoms with Crippen LogP contribution in [0.25, 0.3) is 11.3 Å². The second-order valence-corrected chi connectivity index (χ2v) is 8.44. The first-order valence-electron chi connectivity index (χ1n) is 9.96. The lowest BCUT2D eigenvalue weighted by atomic mass is 9.71. The molecule has 0 bridgehead atoms. The van der Waals surface area contributed by atoms with Gasteiger partial charge in [0.1, 0.15) is 11.6 Å². The predicted molar refractivity (Wildman–Crippen MR) is 102 cm³/mol. The fourth-order valence-corrected chi connectivity index (χ4v) is 4.81. The first kappa shape index (κ1) is 19.0. The van der Waals surface area contributed by atoms with Gasteiger partial charge in [0.15, 0.2) is 0 Å². The standard InChI is InChI=1S/C22H25F2N3O/c1-13(2)14-9-10-22(3,27-11-5-8-19(27)28)21-15(14)12-18(25-26-21)20-16(23)6-4-7-17(20)24/h4,6-7,12-14H,5,8-11H2,1-3H3/t14-,22+/m1/s1. The van der Waals surface area contributed by atoms with Gasteiger partial charge in [0.05, 0.1) is 22.5 Å². The molecule has 1 aromatic heterocycles. The van der Waals surface area contributed by atoms with Gasteiger partial charge in [-0.15, -0.1) is 5.10 Å². The Balaban J connectivity index is 1.88. The van der Waals surface area contributed by atoms with Gasteiger partial charge in [-0.3, -0.25) is 4.79 Å². The zero-order valence-corrected chi connectivity index (χ0v) is 16.5. The monoisotopic (exact) mass is 385 g/mol. The third-order valence-electron chi connectivity index (χ3n) is 6.37. The van der Waals surface area contributed by atoms with Crippen molar-refractivity contribution in [2.75, 3.05) is 6.54 Å². The zero-order chi connectivity index (χ0) is 20.1. The maximum atomic E-state index is 14.3. The summed E-state index contributed by atoms with van der Waals surface area (Å²) in [6.45, 7) is 7.04. The van der Waals surface area contributed by atoms with Crippen molar-refractivity contribution in [3.05, 3.63) is 47.2 Å². The number of likely N-dealkylation sites (tertiary alicyclic amines) is 1. The van der Waals surface area contributed by atoms with E-state index in [9.17, 15) is 13.6 Å². The molecule has 6 heteroatoms. The van der Waals surface area contributed by atoms with Crippen LogP contribution in [0, 0.1) is 17.6 Å². The van der Waals surface area contributed by atoms with Crippen LogP contribution in [-0.2, 0) is 10.3 Å². The summed E-state index contributed by atoms with van der Waals surface area (Å²) in [7, 11) is 0. The van der Waals surface area contributed by atoms with E-state index in [0.717, 1.165) is 30.5 Å². The van der Waals surface area contributed by atoms with Crippen molar-refractivity contribution in [3.63, 3.8) is 0 Å². The Morgan fingerprint density at radius 3 is 2.54 bits per heavy atom. The summed E-state index contributed by atoms with van der Waals surface area (Å²) in [5.41, 5.74) is 1.26. The number of carbonyl (C=O) groups is 1. The van der Waals surface area contributed by atoms with Crippen LogP contribution in [0.5, 0.6) is 0 Å². The van der Waals surface area contributed by atoms with E-state index in [1.54, 1.807) is 6.07 Å². The van der Waals surface area contributed by atoms with Crippen LogP contribution < -0.4 is 0 Å². The van der Waals surface area contributed by atoms with Gasteiger partial charge in [0.25, 0.3) is 0 Å². The third-order valence-corrected chi connectivity index (χ3v) is 6.37. The Hall–Kier alpha value is -2.37. The number of carbonyl (C=O) groups excluding carboxylic acids is 1. The second-order valence-electron chi connectivity index (χ2n) is 8.44. The van der Waals surface area contributed by atoms with E-state index in [1.165, 1.54) is 18.2 Å². The summed E-state index contributed by atoms with van der Waals surface area (Å²) in [6.07, 6.45) is 3.13. The van der Waals surface area contributed by atoms with Crippen molar-refractivity contribution < 1.29 is 13.6 Å². The largest absolute Gasteiger partial charge is 0.332 e. The Bertz CT molecular complexity index is 910. The number of amides is 1. The molecule has 1 aliphatic heterocycles. The molecule has 4 rings (SSSR count). The molecule has 0 N–H and O–H groups in total. The van der Waals surface area contributed by atoms with Crippen molar-refractivity contribution in [2.24, 2.45) is 5.92 Å². The van der Waals surface area contributed by atoms with Gasteiger partial charge in [-0.05, 0) is 61.8 Å². The molecule has 1 saturated heterocycles. The molecule has 1 aromatic carbocycles. The van der Waals surface area contributed by atoms with Crippen LogP contribution in [0.1, 0.15) is 63.6 Å². The minimum atomic E-state index is -0.649. The van der Waals surface area contributed by atoms with Gasteiger partial charge in [-0.1, -0.05) is 19.9 Å². The Labute approximate surface area is 164 Å². The van der Waals surface area contributed by atoms with Crippen LogP contribution in [-0.4, -0.2) is 27.5 Å². The summed E-state index contributed by atoms with van der Waals surface area (Å²) >= 11 is 0. The van der Waals surface area contributed by atoms with Gasteiger partial charge >= 0.3 is 0 Å². The molecular weight excluding hydrogens is 360 g/mol. The summed E-state index contributed by atoms with van der Waals surface area (Å²) in [4.78, 5) is 14.4. The predicted octanol–water partition coefficient (Wildman–Crippen LogP) is 4.79.